The number of hydrogen-bond donors (Lipinski definition) is 2. The molecule has 0 aromatic heterocycles. The highest BCUT2D eigenvalue weighted by atomic mass is 14.9. The van der Waals surface area contributed by atoms with Gasteiger partial charge in [-0.15, -0.1) is 0 Å². The predicted octanol–water partition coefficient (Wildman–Crippen LogP) is 2.15. The normalized spacial score (nSPS) is 15.7. The van der Waals surface area contributed by atoms with E-state index in [1.165, 1.54) is 25.7 Å². The van der Waals surface area contributed by atoms with Crippen molar-refractivity contribution in [2.24, 2.45) is 0 Å². The minimum absolute atomic E-state index is 0.329. The third-order valence-electron chi connectivity index (χ3n) is 2.69. The van der Waals surface area contributed by atoms with Gasteiger partial charge in [-0.1, -0.05) is 20.3 Å². The van der Waals surface area contributed by atoms with Gasteiger partial charge in [-0.3, -0.25) is 0 Å². The molecule has 2 heteroatoms. The highest BCUT2D eigenvalue weighted by molar-refractivity contribution is 4.81. The van der Waals surface area contributed by atoms with Crippen LogP contribution in [0.2, 0.25) is 0 Å². The molecule has 0 fully saturated rings. The number of rotatable bonds is 8. The van der Waals surface area contributed by atoms with Crippen molar-refractivity contribution in [1.29, 1.82) is 0 Å². The first-order valence-corrected chi connectivity index (χ1v) is 5.58. The first-order chi connectivity index (χ1) is 6.18. The predicted molar refractivity (Wildman–Crippen MR) is 60.2 cm³/mol. The van der Waals surface area contributed by atoms with E-state index in [-0.39, 0.29) is 0 Å². The van der Waals surface area contributed by atoms with E-state index in [1.807, 2.05) is 0 Å². The van der Waals surface area contributed by atoms with Gasteiger partial charge in [-0.25, -0.2) is 0 Å². The van der Waals surface area contributed by atoms with E-state index in [1.54, 1.807) is 0 Å². The molecule has 0 saturated carbocycles. The van der Waals surface area contributed by atoms with Crippen LogP contribution in [0.5, 0.6) is 0 Å². The van der Waals surface area contributed by atoms with Crippen molar-refractivity contribution in [3.63, 3.8) is 0 Å². The minimum atomic E-state index is 0.329. The van der Waals surface area contributed by atoms with Crippen LogP contribution in [-0.2, 0) is 0 Å². The lowest BCUT2D eigenvalue weighted by molar-refractivity contribution is 0.323. The quantitative estimate of drug-likeness (QED) is 0.568. The summed E-state index contributed by atoms with van der Waals surface area (Å²) in [4.78, 5) is 0. The van der Waals surface area contributed by atoms with Crippen LogP contribution in [0.1, 0.15) is 46.5 Å². The fourth-order valence-electron chi connectivity index (χ4n) is 1.59. The van der Waals surface area contributed by atoms with Crippen molar-refractivity contribution < 1.29 is 0 Å². The van der Waals surface area contributed by atoms with Crippen molar-refractivity contribution in [3.05, 3.63) is 0 Å². The topological polar surface area (TPSA) is 24.1 Å². The second kappa shape index (κ2) is 7.34. The Hall–Kier alpha value is -0.0800. The molecule has 1 unspecified atom stereocenters. The molecular formula is C11H26N2. The van der Waals surface area contributed by atoms with Crippen LogP contribution in [0.15, 0.2) is 0 Å². The van der Waals surface area contributed by atoms with Gasteiger partial charge in [0.15, 0.2) is 0 Å². The molecule has 0 aromatic carbocycles. The molecule has 0 rings (SSSR count). The fraction of sp³-hybridized carbons (Fsp3) is 1.00. The zero-order valence-electron chi connectivity index (χ0n) is 9.74. The molecule has 0 spiro atoms. The van der Waals surface area contributed by atoms with Crippen molar-refractivity contribution >= 4 is 0 Å². The van der Waals surface area contributed by atoms with Gasteiger partial charge in [-0.2, -0.15) is 0 Å². The zero-order chi connectivity index (χ0) is 10.2. The van der Waals surface area contributed by atoms with Crippen LogP contribution >= 0.6 is 0 Å². The zero-order valence-corrected chi connectivity index (χ0v) is 9.74. The van der Waals surface area contributed by atoms with Crippen LogP contribution in [0.3, 0.4) is 0 Å². The Morgan fingerprint density at radius 2 is 1.69 bits per heavy atom. The van der Waals surface area contributed by atoms with E-state index in [9.17, 15) is 0 Å². The molecule has 0 bridgehead atoms. The molecular weight excluding hydrogens is 160 g/mol. The lowest BCUT2D eigenvalue weighted by atomic mass is 9.92. The van der Waals surface area contributed by atoms with Crippen LogP contribution in [0.25, 0.3) is 0 Å². The Morgan fingerprint density at radius 3 is 2.15 bits per heavy atom. The van der Waals surface area contributed by atoms with Gasteiger partial charge >= 0.3 is 0 Å². The Bertz CT molecular complexity index is 115. The maximum Gasteiger partial charge on any atom is 0.0162 e. The summed E-state index contributed by atoms with van der Waals surface area (Å²) in [6, 6.07) is 0. The van der Waals surface area contributed by atoms with E-state index < -0.39 is 0 Å². The Labute approximate surface area is 83.5 Å². The summed E-state index contributed by atoms with van der Waals surface area (Å²) in [5.41, 5.74) is 0.329. The maximum absolute atomic E-state index is 3.44. The van der Waals surface area contributed by atoms with Gasteiger partial charge < -0.3 is 10.6 Å². The monoisotopic (exact) mass is 186 g/mol. The van der Waals surface area contributed by atoms with Gasteiger partial charge in [0.05, 0.1) is 0 Å². The van der Waals surface area contributed by atoms with Crippen molar-refractivity contribution in [3.8, 4) is 0 Å². The average molecular weight is 186 g/mol. The average Bonchev–Trinajstić information content (AvgIpc) is 2.13. The SMILES string of the molecule is CCCNCCC(C)(CCC)NC. The van der Waals surface area contributed by atoms with Crippen molar-refractivity contribution in [2.45, 2.75) is 52.0 Å². The first kappa shape index (κ1) is 12.9. The smallest absolute Gasteiger partial charge is 0.0162 e. The molecule has 0 heterocycles. The van der Waals surface area contributed by atoms with Gasteiger partial charge in [0.25, 0.3) is 0 Å². The third-order valence-corrected chi connectivity index (χ3v) is 2.69. The molecule has 1 atom stereocenters. The van der Waals surface area contributed by atoms with Crippen LogP contribution in [-0.4, -0.2) is 25.7 Å². The van der Waals surface area contributed by atoms with Gasteiger partial charge in [0, 0.05) is 5.54 Å². The Balaban J connectivity index is 3.57. The number of hydrogen-bond acceptors (Lipinski definition) is 2. The second-order valence-corrected chi connectivity index (χ2v) is 4.06. The van der Waals surface area contributed by atoms with Crippen molar-refractivity contribution in [2.75, 3.05) is 20.1 Å². The van der Waals surface area contributed by atoms with Gasteiger partial charge in [-0.05, 0) is 46.3 Å². The van der Waals surface area contributed by atoms with E-state index in [2.05, 4.69) is 38.5 Å². The maximum atomic E-state index is 3.44. The summed E-state index contributed by atoms with van der Waals surface area (Å²) in [7, 11) is 2.06. The van der Waals surface area contributed by atoms with Gasteiger partial charge in [0.2, 0.25) is 0 Å². The highest BCUT2D eigenvalue weighted by Crippen LogP contribution is 2.15. The lowest BCUT2D eigenvalue weighted by Crippen LogP contribution is -2.42. The van der Waals surface area contributed by atoms with E-state index >= 15 is 0 Å². The Morgan fingerprint density at radius 1 is 1.00 bits per heavy atom. The fourth-order valence-corrected chi connectivity index (χ4v) is 1.59. The summed E-state index contributed by atoms with van der Waals surface area (Å²) in [5.74, 6) is 0. The summed E-state index contributed by atoms with van der Waals surface area (Å²) in [6.07, 6.45) is 4.96. The molecule has 0 aliphatic heterocycles. The third kappa shape index (κ3) is 6.05. The molecule has 2 nitrogen and oxygen atoms in total. The van der Waals surface area contributed by atoms with Crippen LogP contribution in [0, 0.1) is 0 Å². The van der Waals surface area contributed by atoms with Crippen LogP contribution in [0.4, 0.5) is 0 Å². The van der Waals surface area contributed by atoms with Crippen molar-refractivity contribution in [1.82, 2.24) is 10.6 Å². The van der Waals surface area contributed by atoms with E-state index in [4.69, 9.17) is 0 Å². The molecule has 0 aromatic rings. The Kier molecular flexibility index (Phi) is 7.29. The molecule has 80 valence electrons. The minimum Gasteiger partial charge on any atom is -0.317 e. The molecule has 2 N–H and O–H groups in total. The first-order valence-electron chi connectivity index (χ1n) is 5.58. The lowest BCUT2D eigenvalue weighted by Gasteiger charge is -2.29. The summed E-state index contributed by atoms with van der Waals surface area (Å²) in [6.45, 7) is 9.03. The standard InChI is InChI=1S/C11H26N2/c1-5-7-11(3,12-4)8-10-13-9-6-2/h12-13H,5-10H2,1-4H3. The van der Waals surface area contributed by atoms with E-state index in [0.29, 0.717) is 5.54 Å². The second-order valence-electron chi connectivity index (χ2n) is 4.06. The highest BCUT2D eigenvalue weighted by Gasteiger charge is 2.19. The summed E-state index contributed by atoms with van der Waals surface area (Å²) in [5, 5.41) is 6.86. The number of nitrogens with one attached hydrogen (secondary N) is 2. The van der Waals surface area contributed by atoms with Gasteiger partial charge in [0.1, 0.15) is 0 Å². The molecule has 0 amide bonds. The molecule has 0 saturated heterocycles. The van der Waals surface area contributed by atoms with Crippen LogP contribution < -0.4 is 10.6 Å². The molecule has 0 aliphatic carbocycles. The van der Waals surface area contributed by atoms with E-state index in [0.717, 1.165) is 13.1 Å². The summed E-state index contributed by atoms with van der Waals surface area (Å²) < 4.78 is 0. The molecule has 13 heavy (non-hydrogen) atoms. The molecule has 0 aliphatic rings. The summed E-state index contributed by atoms with van der Waals surface area (Å²) >= 11 is 0. The largest absolute Gasteiger partial charge is 0.317 e. The molecule has 0 radical (unpaired) electrons.